The van der Waals surface area contributed by atoms with Crippen molar-refractivity contribution < 1.29 is 4.92 Å². The van der Waals surface area contributed by atoms with E-state index in [-0.39, 0.29) is 5.00 Å². The van der Waals surface area contributed by atoms with Crippen LogP contribution in [0.4, 0.5) is 5.00 Å². The summed E-state index contributed by atoms with van der Waals surface area (Å²) in [4.78, 5) is 15.3. The lowest BCUT2D eigenvalue weighted by atomic mass is 10.9. The summed E-state index contributed by atoms with van der Waals surface area (Å²) in [5.74, 6) is 0. The molecule has 0 aliphatic heterocycles. The molecule has 5 nitrogen and oxygen atoms in total. The first kappa shape index (κ1) is 11.3. The van der Waals surface area contributed by atoms with Gasteiger partial charge in [0, 0.05) is 14.1 Å². The molecule has 0 spiro atoms. The van der Waals surface area contributed by atoms with Crippen LogP contribution in [0.3, 0.4) is 0 Å². The molecule has 0 aromatic carbocycles. The molecule has 75 valence electrons. The lowest BCUT2D eigenvalue weighted by Gasteiger charge is -2.10. The summed E-state index contributed by atoms with van der Waals surface area (Å²) in [6, 6.07) is 0. The number of hydrogen-bond acceptors (Lipinski definition) is 6. The average molecular weight is 248 g/mol. The van der Waals surface area contributed by atoms with Gasteiger partial charge < -0.3 is 4.90 Å². The summed E-state index contributed by atoms with van der Waals surface area (Å²) in [5, 5.41) is 10.2. The van der Waals surface area contributed by atoms with Crippen molar-refractivity contribution in [3.8, 4) is 0 Å². The van der Waals surface area contributed by atoms with E-state index < -0.39 is 4.92 Å². The first-order valence-electron chi connectivity index (χ1n) is 3.42. The second kappa shape index (κ2) is 4.67. The van der Waals surface area contributed by atoms with E-state index in [9.17, 15) is 10.1 Å². The maximum Gasteiger partial charge on any atom is 0.354 e. The zero-order chi connectivity index (χ0) is 10.7. The predicted molar refractivity (Wildman–Crippen MR) is 59.7 cm³/mol. The largest absolute Gasteiger partial charge is 0.363 e. The lowest BCUT2D eigenvalue weighted by Crippen LogP contribution is -2.15. The molecule has 1 radical (unpaired) electrons. The van der Waals surface area contributed by atoms with Gasteiger partial charge in [-0.1, -0.05) is 12.2 Å². The van der Waals surface area contributed by atoms with Gasteiger partial charge >= 0.3 is 5.00 Å². The van der Waals surface area contributed by atoms with Crippen molar-refractivity contribution in [2.45, 2.75) is 4.34 Å². The molecule has 1 rings (SSSR count). The summed E-state index contributed by atoms with van der Waals surface area (Å²) in [6.07, 6.45) is 2.32. The van der Waals surface area contributed by atoms with Crippen molar-refractivity contribution in [3.05, 3.63) is 16.3 Å². The molecule has 0 bridgehead atoms. The van der Waals surface area contributed by atoms with E-state index in [1.165, 1.54) is 11.8 Å². The monoisotopic (exact) mass is 248 g/mol. The molecule has 1 heterocycles. The summed E-state index contributed by atoms with van der Waals surface area (Å²) < 4.78 is 1.15. The Labute approximate surface area is 94.3 Å². The Morgan fingerprint density at radius 3 is 2.86 bits per heavy atom. The van der Waals surface area contributed by atoms with Gasteiger partial charge in [0.1, 0.15) is 4.32 Å². The topological polar surface area (TPSA) is 59.3 Å². The Balaban J connectivity index is 2.69. The fraction of sp³-hybridized carbons (Fsp3) is 0.333. The molecule has 0 N–H and O–H groups in total. The van der Waals surface area contributed by atoms with Gasteiger partial charge in [0.25, 0.3) is 0 Å². The highest BCUT2D eigenvalue weighted by Crippen LogP contribution is 2.29. The first-order chi connectivity index (χ1) is 6.50. The van der Waals surface area contributed by atoms with Crippen molar-refractivity contribution in [1.29, 1.82) is 0 Å². The van der Waals surface area contributed by atoms with Crippen LogP contribution in [-0.4, -0.2) is 33.2 Å². The van der Waals surface area contributed by atoms with E-state index >= 15 is 0 Å². The number of thiocarbonyl (C=S) groups is 1. The maximum absolute atomic E-state index is 10.3. The molecule has 0 amide bonds. The number of nitro groups is 1. The predicted octanol–water partition coefficient (Wildman–Crippen LogP) is 1.79. The van der Waals surface area contributed by atoms with Crippen LogP contribution in [0.25, 0.3) is 0 Å². The first-order valence-corrected chi connectivity index (χ1v) is 5.47. The Kier molecular flexibility index (Phi) is 3.78. The minimum Gasteiger partial charge on any atom is -0.363 e. The zero-order valence-electron chi connectivity index (χ0n) is 7.38. The zero-order valence-corrected chi connectivity index (χ0v) is 9.83. The van der Waals surface area contributed by atoms with Crippen molar-refractivity contribution in [2.24, 2.45) is 0 Å². The number of rotatable bonds is 2. The van der Waals surface area contributed by atoms with Crippen LogP contribution in [0, 0.1) is 16.3 Å². The summed E-state index contributed by atoms with van der Waals surface area (Å²) in [6.45, 7) is 0. The van der Waals surface area contributed by atoms with Crippen LogP contribution >= 0.6 is 35.3 Å². The van der Waals surface area contributed by atoms with E-state index in [0.29, 0.717) is 8.66 Å². The van der Waals surface area contributed by atoms with Crippen molar-refractivity contribution >= 4 is 44.6 Å². The molecule has 0 saturated carbocycles. The fourth-order valence-corrected chi connectivity index (χ4v) is 2.39. The van der Waals surface area contributed by atoms with Gasteiger partial charge in [-0.3, -0.25) is 10.1 Å². The quantitative estimate of drug-likeness (QED) is 0.344. The number of nitrogens with zero attached hydrogens (tertiary/aromatic N) is 3. The molecule has 0 aliphatic rings. The van der Waals surface area contributed by atoms with Crippen molar-refractivity contribution in [3.63, 3.8) is 0 Å². The highest BCUT2D eigenvalue weighted by atomic mass is 32.2. The Bertz CT molecular complexity index is 363. The van der Waals surface area contributed by atoms with Gasteiger partial charge in [-0.25, -0.2) is 4.98 Å². The van der Waals surface area contributed by atoms with E-state index in [4.69, 9.17) is 12.2 Å². The summed E-state index contributed by atoms with van der Waals surface area (Å²) in [5.41, 5.74) is 0. The molecule has 1 aromatic rings. The Morgan fingerprint density at radius 1 is 1.79 bits per heavy atom. The van der Waals surface area contributed by atoms with Gasteiger partial charge in [0.2, 0.25) is 0 Å². The summed E-state index contributed by atoms with van der Waals surface area (Å²) >= 11 is 7.20. The average Bonchev–Trinajstić information content (AvgIpc) is 2.52. The highest BCUT2D eigenvalue weighted by Gasteiger charge is 2.14. The molecule has 0 atom stereocenters. The number of thiazole rings is 1. The molecule has 1 aromatic heterocycles. The lowest BCUT2D eigenvalue weighted by molar-refractivity contribution is -0.380. The second-order valence-corrected chi connectivity index (χ2v) is 5.27. The van der Waals surface area contributed by atoms with Crippen LogP contribution in [-0.2, 0) is 0 Å². The van der Waals surface area contributed by atoms with E-state index in [1.807, 2.05) is 0 Å². The maximum atomic E-state index is 10.3. The third-order valence-electron chi connectivity index (χ3n) is 1.13. The highest BCUT2D eigenvalue weighted by molar-refractivity contribution is 8.23. The normalized spacial score (nSPS) is 9.86. The van der Waals surface area contributed by atoms with E-state index in [0.717, 1.165) is 11.3 Å². The van der Waals surface area contributed by atoms with Crippen molar-refractivity contribution in [1.82, 2.24) is 9.88 Å². The number of aromatic nitrogens is 1. The SMILES string of the molecule is CN(C)C(=S)Sc1n[c]c([N+](=O)[O-])s1. The third-order valence-corrected chi connectivity index (χ3v) is 3.75. The molecular weight excluding hydrogens is 242 g/mol. The molecule has 0 fully saturated rings. The standard InChI is InChI=1S/C6H6N3O2S3/c1-8(2)6(12)14-5-7-3-4(13-5)9(10)11/h1-2H3. The molecule has 0 saturated heterocycles. The van der Waals surface area contributed by atoms with Crippen LogP contribution < -0.4 is 0 Å². The van der Waals surface area contributed by atoms with Crippen LogP contribution in [0.2, 0.25) is 0 Å². The van der Waals surface area contributed by atoms with Gasteiger partial charge in [-0.2, -0.15) is 0 Å². The number of hydrogen-bond donors (Lipinski definition) is 0. The molecular formula is C6H6N3O2S3. The molecule has 8 heteroatoms. The van der Waals surface area contributed by atoms with Crippen LogP contribution in [0.5, 0.6) is 0 Å². The fourth-order valence-electron chi connectivity index (χ4n) is 0.510. The number of thioether (sulfide) groups is 1. The van der Waals surface area contributed by atoms with Crippen LogP contribution in [0.1, 0.15) is 0 Å². The van der Waals surface area contributed by atoms with Crippen molar-refractivity contribution in [2.75, 3.05) is 14.1 Å². The smallest absolute Gasteiger partial charge is 0.354 e. The second-order valence-electron chi connectivity index (χ2n) is 2.42. The van der Waals surface area contributed by atoms with Gasteiger partial charge in [-0.05, 0) is 23.1 Å². The van der Waals surface area contributed by atoms with E-state index in [1.54, 1.807) is 19.0 Å². The van der Waals surface area contributed by atoms with Gasteiger partial charge in [0.05, 0.1) is 4.92 Å². The summed E-state index contributed by atoms with van der Waals surface area (Å²) in [7, 11) is 3.61. The molecule has 0 unspecified atom stereocenters. The molecule has 14 heavy (non-hydrogen) atoms. The Hall–Kier alpha value is -0.730. The van der Waals surface area contributed by atoms with Gasteiger partial charge in [-0.15, -0.1) is 0 Å². The molecule has 0 aliphatic carbocycles. The van der Waals surface area contributed by atoms with E-state index in [2.05, 4.69) is 11.2 Å². The van der Waals surface area contributed by atoms with Gasteiger partial charge in [0.15, 0.2) is 10.5 Å². The Morgan fingerprint density at radius 2 is 2.43 bits per heavy atom. The minimum absolute atomic E-state index is 0.0888. The van der Waals surface area contributed by atoms with Crippen LogP contribution in [0.15, 0.2) is 4.34 Å². The minimum atomic E-state index is -0.513. The third kappa shape index (κ3) is 2.89.